The fraction of sp³-hybridized carbons (Fsp3) is 0.538. The van der Waals surface area contributed by atoms with Crippen LogP contribution in [0.3, 0.4) is 0 Å². The van der Waals surface area contributed by atoms with Gasteiger partial charge in [0.2, 0.25) is 0 Å². The first kappa shape index (κ1) is 15.6. The molecular weight excluding hydrogens is 295 g/mol. The predicted octanol–water partition coefficient (Wildman–Crippen LogP) is 2.64. The fourth-order valence-electron chi connectivity index (χ4n) is 2.10. The van der Waals surface area contributed by atoms with Gasteiger partial charge < -0.3 is 9.84 Å². The molecule has 1 aromatic rings. The maximum Gasteiger partial charge on any atom is 0.415 e. The molecule has 1 aliphatic heterocycles. The molecule has 3 nitrogen and oxygen atoms in total. The highest BCUT2D eigenvalue weighted by Gasteiger charge is 2.39. The first-order valence-corrected chi connectivity index (χ1v) is 6.58. The summed E-state index contributed by atoms with van der Waals surface area (Å²) >= 11 is 5.79. The van der Waals surface area contributed by atoms with E-state index in [4.69, 9.17) is 21.4 Å². The van der Waals surface area contributed by atoms with Gasteiger partial charge in [-0.15, -0.1) is 0 Å². The molecule has 1 saturated heterocycles. The number of morpholine rings is 1. The Bertz CT molecular complexity index is 438. The number of halogens is 4. The van der Waals surface area contributed by atoms with Gasteiger partial charge in [0, 0.05) is 24.7 Å². The smallest absolute Gasteiger partial charge is 0.382 e. The third-order valence-corrected chi connectivity index (χ3v) is 3.45. The van der Waals surface area contributed by atoms with Crippen LogP contribution in [0.15, 0.2) is 24.3 Å². The molecule has 0 aromatic heterocycles. The number of hydrogen-bond donors (Lipinski definition) is 1. The van der Waals surface area contributed by atoms with Crippen molar-refractivity contribution in [3.05, 3.63) is 34.9 Å². The van der Waals surface area contributed by atoms with Gasteiger partial charge in [-0.05, 0) is 17.7 Å². The van der Waals surface area contributed by atoms with Crippen LogP contribution in [0.5, 0.6) is 0 Å². The molecule has 0 bridgehead atoms. The third-order valence-electron chi connectivity index (χ3n) is 3.20. The van der Waals surface area contributed by atoms with Crippen LogP contribution in [0, 0.1) is 0 Å². The summed E-state index contributed by atoms with van der Waals surface area (Å²) in [5.74, 6) is 0. The van der Waals surface area contributed by atoms with Crippen molar-refractivity contribution in [2.24, 2.45) is 0 Å². The third kappa shape index (κ3) is 4.09. The largest absolute Gasteiger partial charge is 0.415 e. The Morgan fingerprint density at radius 3 is 2.60 bits per heavy atom. The van der Waals surface area contributed by atoms with E-state index in [0.717, 1.165) is 5.56 Å². The molecule has 7 heteroatoms. The van der Waals surface area contributed by atoms with Gasteiger partial charge in [0.05, 0.1) is 12.7 Å². The van der Waals surface area contributed by atoms with Crippen LogP contribution in [-0.2, 0) is 4.74 Å². The zero-order chi connectivity index (χ0) is 14.8. The predicted molar refractivity (Wildman–Crippen MR) is 68.6 cm³/mol. The fourth-order valence-corrected chi connectivity index (χ4v) is 2.22. The minimum absolute atomic E-state index is 0.304. The number of ether oxygens (including phenoxy) is 1. The molecule has 112 valence electrons. The van der Waals surface area contributed by atoms with Crippen LogP contribution >= 0.6 is 11.6 Å². The second-order valence-electron chi connectivity index (χ2n) is 4.73. The van der Waals surface area contributed by atoms with Crippen LogP contribution < -0.4 is 0 Å². The number of nitrogens with zero attached hydrogens (tertiary/aromatic N) is 1. The molecule has 0 saturated carbocycles. The summed E-state index contributed by atoms with van der Waals surface area (Å²) in [5, 5.41) is 9.70. The molecule has 1 heterocycles. The van der Waals surface area contributed by atoms with Crippen molar-refractivity contribution in [2.75, 3.05) is 26.2 Å². The Morgan fingerprint density at radius 1 is 1.35 bits per heavy atom. The molecular formula is C13H15ClF3NO2. The van der Waals surface area contributed by atoms with Crippen LogP contribution in [0.1, 0.15) is 11.7 Å². The number of β-amino-alcohol motifs (C(OH)–C–C–N with tert-alkyl or cyclic N) is 1. The summed E-state index contributed by atoms with van der Waals surface area (Å²) in [6.45, 7) is 0.584. The summed E-state index contributed by atoms with van der Waals surface area (Å²) in [5.41, 5.74) is 0.862. The van der Waals surface area contributed by atoms with Crippen LogP contribution in [0.4, 0.5) is 13.2 Å². The Labute approximate surface area is 119 Å². The van der Waals surface area contributed by atoms with E-state index < -0.39 is 18.8 Å². The van der Waals surface area contributed by atoms with Crippen molar-refractivity contribution >= 4 is 11.6 Å². The van der Waals surface area contributed by atoms with E-state index in [2.05, 4.69) is 0 Å². The molecule has 0 radical (unpaired) electrons. The monoisotopic (exact) mass is 309 g/mol. The topological polar surface area (TPSA) is 32.7 Å². The molecule has 2 atom stereocenters. The van der Waals surface area contributed by atoms with Gasteiger partial charge >= 0.3 is 6.18 Å². The van der Waals surface area contributed by atoms with E-state index in [1.54, 1.807) is 29.2 Å². The molecule has 2 unspecified atom stereocenters. The number of alkyl halides is 3. The summed E-state index contributed by atoms with van der Waals surface area (Å²) in [4.78, 5) is 1.56. The van der Waals surface area contributed by atoms with E-state index in [-0.39, 0.29) is 6.10 Å². The summed E-state index contributed by atoms with van der Waals surface area (Å²) in [7, 11) is 0. The van der Waals surface area contributed by atoms with E-state index in [1.165, 1.54) is 0 Å². The van der Waals surface area contributed by atoms with E-state index >= 15 is 0 Å². The lowest BCUT2D eigenvalue weighted by molar-refractivity contribution is -0.211. The first-order valence-electron chi connectivity index (χ1n) is 6.20. The summed E-state index contributed by atoms with van der Waals surface area (Å²) < 4.78 is 42.6. The van der Waals surface area contributed by atoms with Gasteiger partial charge in [0.15, 0.2) is 6.10 Å². The van der Waals surface area contributed by atoms with E-state index in [0.29, 0.717) is 24.7 Å². The Kier molecular flexibility index (Phi) is 4.90. The molecule has 2 rings (SSSR count). The van der Waals surface area contributed by atoms with E-state index in [1.807, 2.05) is 0 Å². The van der Waals surface area contributed by atoms with E-state index in [9.17, 15) is 13.2 Å². The highest BCUT2D eigenvalue weighted by atomic mass is 35.5. The first-order chi connectivity index (χ1) is 9.36. The Balaban J connectivity index is 1.96. The molecule has 1 N–H and O–H groups in total. The van der Waals surface area contributed by atoms with Gasteiger partial charge in [-0.25, -0.2) is 0 Å². The average molecular weight is 310 g/mol. The highest BCUT2D eigenvalue weighted by Crippen LogP contribution is 2.26. The summed E-state index contributed by atoms with van der Waals surface area (Å²) in [6.07, 6.45) is -7.22. The minimum atomic E-state index is -4.59. The second kappa shape index (κ2) is 6.30. The number of hydrogen-bond acceptors (Lipinski definition) is 3. The van der Waals surface area contributed by atoms with Crippen molar-refractivity contribution in [2.45, 2.75) is 18.4 Å². The Morgan fingerprint density at radius 2 is 2.00 bits per heavy atom. The molecule has 0 aliphatic carbocycles. The zero-order valence-corrected chi connectivity index (χ0v) is 11.4. The zero-order valence-electron chi connectivity index (χ0n) is 10.6. The van der Waals surface area contributed by atoms with Gasteiger partial charge in [0.1, 0.15) is 0 Å². The van der Waals surface area contributed by atoms with Gasteiger partial charge in [0.25, 0.3) is 0 Å². The molecule has 0 spiro atoms. The molecule has 1 aromatic carbocycles. The number of rotatable bonds is 3. The van der Waals surface area contributed by atoms with Crippen molar-refractivity contribution in [3.8, 4) is 0 Å². The molecule has 1 aliphatic rings. The lowest BCUT2D eigenvalue weighted by atomic mass is 10.1. The van der Waals surface area contributed by atoms with Crippen molar-refractivity contribution in [1.29, 1.82) is 0 Å². The lowest BCUT2D eigenvalue weighted by Crippen LogP contribution is -2.46. The number of benzene rings is 1. The summed E-state index contributed by atoms with van der Waals surface area (Å²) in [6, 6.07) is 7.00. The normalized spacial score (nSPS) is 22.8. The average Bonchev–Trinajstić information content (AvgIpc) is 2.39. The number of aliphatic hydroxyl groups excluding tert-OH is 1. The number of aliphatic hydroxyl groups is 1. The highest BCUT2D eigenvalue weighted by molar-refractivity contribution is 6.30. The molecule has 0 amide bonds. The molecule has 20 heavy (non-hydrogen) atoms. The second-order valence-corrected chi connectivity index (χ2v) is 5.16. The van der Waals surface area contributed by atoms with Gasteiger partial charge in [-0.3, -0.25) is 4.90 Å². The minimum Gasteiger partial charge on any atom is -0.382 e. The quantitative estimate of drug-likeness (QED) is 0.932. The maximum atomic E-state index is 12.3. The van der Waals surface area contributed by atoms with Crippen LogP contribution in [0.2, 0.25) is 5.02 Å². The van der Waals surface area contributed by atoms with Gasteiger partial charge in [-0.2, -0.15) is 13.2 Å². The van der Waals surface area contributed by atoms with Crippen molar-refractivity contribution < 1.29 is 23.0 Å². The Hall–Kier alpha value is -0.820. The van der Waals surface area contributed by atoms with Crippen molar-refractivity contribution in [1.82, 2.24) is 4.90 Å². The SMILES string of the molecule is OC(CN1CCOC(c2ccc(Cl)cc2)C1)C(F)(F)F. The maximum absolute atomic E-state index is 12.3. The lowest BCUT2D eigenvalue weighted by Gasteiger charge is -2.34. The molecule has 1 fully saturated rings. The van der Waals surface area contributed by atoms with Crippen molar-refractivity contribution in [3.63, 3.8) is 0 Å². The van der Waals surface area contributed by atoms with Crippen LogP contribution in [-0.4, -0.2) is 48.5 Å². The van der Waals surface area contributed by atoms with Crippen LogP contribution in [0.25, 0.3) is 0 Å². The standard InChI is InChI=1S/C13H15ClF3NO2/c14-10-3-1-9(2-4-10)11-7-18(5-6-20-11)8-12(19)13(15,16)17/h1-4,11-12,19H,5-8H2. The van der Waals surface area contributed by atoms with Gasteiger partial charge in [-0.1, -0.05) is 23.7 Å².